The minimum Gasteiger partial charge on any atom is -0.352 e. The van der Waals surface area contributed by atoms with Crippen molar-refractivity contribution in [3.8, 4) is 0 Å². The van der Waals surface area contributed by atoms with Gasteiger partial charge in [0.05, 0.1) is 5.69 Å². The summed E-state index contributed by atoms with van der Waals surface area (Å²) in [7, 11) is 0. The van der Waals surface area contributed by atoms with Crippen molar-refractivity contribution in [3.63, 3.8) is 0 Å². The Morgan fingerprint density at radius 3 is 2.71 bits per heavy atom. The molecule has 2 aromatic rings. The number of hydrogen-bond acceptors (Lipinski definition) is 5. The Hall–Kier alpha value is -2.41. The third-order valence-corrected chi connectivity index (χ3v) is 7.38. The molecule has 2 heterocycles. The van der Waals surface area contributed by atoms with Gasteiger partial charge in [0.2, 0.25) is 11.8 Å². The predicted molar refractivity (Wildman–Crippen MR) is 124 cm³/mol. The number of benzene rings is 1. The molecule has 1 aromatic heterocycles. The van der Waals surface area contributed by atoms with Crippen molar-refractivity contribution in [2.45, 2.75) is 46.6 Å². The molecule has 31 heavy (non-hydrogen) atoms. The largest absolute Gasteiger partial charge is 0.352 e. The lowest BCUT2D eigenvalue weighted by Crippen LogP contribution is -2.49. The van der Waals surface area contributed by atoms with E-state index in [2.05, 4.69) is 35.3 Å². The number of fused-ring (bicyclic) bond motifs is 1. The first-order chi connectivity index (χ1) is 14.9. The van der Waals surface area contributed by atoms with Gasteiger partial charge in [-0.2, -0.15) is 0 Å². The number of piperazine rings is 1. The maximum atomic E-state index is 12.8. The van der Waals surface area contributed by atoms with E-state index in [1.807, 2.05) is 24.8 Å². The van der Waals surface area contributed by atoms with Crippen molar-refractivity contribution >= 4 is 28.3 Å². The van der Waals surface area contributed by atoms with E-state index in [1.54, 1.807) is 11.3 Å². The molecule has 2 amide bonds. The standard InChI is InChI=1S/C24H32N4O2S/c1-16(2)23(30)27-9-11-28(12-10-27)24-26-20-8-7-19(14-21(20)31-24)22(29)25-15-18-6-4-5-17(3)13-18/h4-6,13,16,19H,7-12,14-15H2,1-3H3,(H,25,29). The van der Waals surface area contributed by atoms with Gasteiger partial charge in [-0.1, -0.05) is 43.7 Å². The fourth-order valence-corrected chi connectivity index (χ4v) is 5.60. The van der Waals surface area contributed by atoms with Crippen LogP contribution < -0.4 is 10.2 Å². The zero-order valence-electron chi connectivity index (χ0n) is 18.7. The number of rotatable bonds is 5. The number of carbonyl (C=O) groups is 2. The summed E-state index contributed by atoms with van der Waals surface area (Å²) < 4.78 is 0. The topological polar surface area (TPSA) is 65.5 Å². The number of aryl methyl sites for hydroxylation is 2. The molecule has 0 saturated carbocycles. The number of aromatic nitrogens is 1. The average Bonchev–Trinajstić information content (AvgIpc) is 3.20. The van der Waals surface area contributed by atoms with Crippen molar-refractivity contribution in [1.29, 1.82) is 0 Å². The van der Waals surface area contributed by atoms with Gasteiger partial charge >= 0.3 is 0 Å². The van der Waals surface area contributed by atoms with E-state index < -0.39 is 0 Å². The van der Waals surface area contributed by atoms with Crippen LogP contribution in [0.4, 0.5) is 5.13 Å². The molecule has 1 aliphatic heterocycles. The van der Waals surface area contributed by atoms with Gasteiger partial charge in [-0.3, -0.25) is 9.59 Å². The van der Waals surface area contributed by atoms with Gasteiger partial charge < -0.3 is 15.1 Å². The summed E-state index contributed by atoms with van der Waals surface area (Å²) in [6.45, 7) is 9.72. The minimum absolute atomic E-state index is 0.0196. The van der Waals surface area contributed by atoms with Crippen LogP contribution in [0.15, 0.2) is 24.3 Å². The third-order valence-electron chi connectivity index (χ3n) is 6.20. The van der Waals surface area contributed by atoms with Crippen LogP contribution in [-0.4, -0.2) is 47.9 Å². The van der Waals surface area contributed by atoms with Crippen molar-refractivity contribution in [1.82, 2.24) is 15.2 Å². The lowest BCUT2D eigenvalue weighted by atomic mass is 9.90. The van der Waals surface area contributed by atoms with Crippen LogP contribution in [0.2, 0.25) is 0 Å². The van der Waals surface area contributed by atoms with Crippen LogP contribution in [-0.2, 0) is 29.0 Å². The number of hydrogen-bond donors (Lipinski definition) is 1. The van der Waals surface area contributed by atoms with Crippen LogP contribution >= 0.6 is 11.3 Å². The van der Waals surface area contributed by atoms with Crippen LogP contribution in [0, 0.1) is 18.8 Å². The first kappa shape index (κ1) is 21.8. The maximum Gasteiger partial charge on any atom is 0.225 e. The first-order valence-corrected chi connectivity index (χ1v) is 12.1. The van der Waals surface area contributed by atoms with Gasteiger partial charge in [0, 0.05) is 49.4 Å². The Bertz CT molecular complexity index is 947. The molecule has 0 spiro atoms. The molecular weight excluding hydrogens is 408 g/mol. The Balaban J connectivity index is 1.32. The molecule has 7 heteroatoms. The first-order valence-electron chi connectivity index (χ1n) is 11.3. The molecule has 1 N–H and O–H groups in total. The molecule has 1 saturated heterocycles. The summed E-state index contributed by atoms with van der Waals surface area (Å²) >= 11 is 1.73. The molecule has 4 rings (SSSR count). The number of nitrogens with one attached hydrogen (secondary N) is 1. The summed E-state index contributed by atoms with van der Waals surface area (Å²) in [5.41, 5.74) is 3.50. The van der Waals surface area contributed by atoms with Gasteiger partial charge in [0.25, 0.3) is 0 Å². The number of anilines is 1. The monoisotopic (exact) mass is 440 g/mol. The normalized spacial score (nSPS) is 18.8. The minimum atomic E-state index is 0.0196. The smallest absolute Gasteiger partial charge is 0.225 e. The zero-order chi connectivity index (χ0) is 22.0. The van der Waals surface area contributed by atoms with Crippen molar-refractivity contribution < 1.29 is 9.59 Å². The lowest BCUT2D eigenvalue weighted by molar-refractivity contribution is -0.134. The molecule has 166 valence electrons. The summed E-state index contributed by atoms with van der Waals surface area (Å²) in [4.78, 5) is 35.4. The Morgan fingerprint density at radius 1 is 1.23 bits per heavy atom. The summed E-state index contributed by atoms with van der Waals surface area (Å²) in [5, 5.41) is 4.16. The molecular formula is C24H32N4O2S. The highest BCUT2D eigenvalue weighted by Gasteiger charge is 2.30. The summed E-state index contributed by atoms with van der Waals surface area (Å²) in [6, 6.07) is 8.26. The highest BCUT2D eigenvalue weighted by atomic mass is 32.1. The van der Waals surface area contributed by atoms with E-state index in [0.717, 1.165) is 61.8 Å². The quantitative estimate of drug-likeness (QED) is 0.776. The summed E-state index contributed by atoms with van der Waals surface area (Å²) in [5.74, 6) is 0.444. The second-order valence-electron chi connectivity index (χ2n) is 8.98. The van der Waals surface area contributed by atoms with Crippen molar-refractivity contribution in [3.05, 3.63) is 46.0 Å². The third kappa shape index (κ3) is 5.09. The van der Waals surface area contributed by atoms with E-state index in [4.69, 9.17) is 4.98 Å². The van der Waals surface area contributed by atoms with Gasteiger partial charge in [-0.25, -0.2) is 4.98 Å². The van der Waals surface area contributed by atoms with E-state index in [-0.39, 0.29) is 23.7 Å². The molecule has 1 aliphatic carbocycles. The second-order valence-corrected chi connectivity index (χ2v) is 10.0. The van der Waals surface area contributed by atoms with E-state index in [1.165, 1.54) is 10.4 Å². The average molecular weight is 441 g/mol. The van der Waals surface area contributed by atoms with Crippen LogP contribution in [0.1, 0.15) is 42.0 Å². The molecule has 2 aliphatic rings. The predicted octanol–water partition coefficient (Wildman–Crippen LogP) is 3.18. The number of nitrogens with zero attached hydrogens (tertiary/aromatic N) is 3. The van der Waals surface area contributed by atoms with Gasteiger partial charge in [0.1, 0.15) is 0 Å². The Kier molecular flexibility index (Phi) is 6.60. The van der Waals surface area contributed by atoms with E-state index >= 15 is 0 Å². The highest BCUT2D eigenvalue weighted by Crippen LogP contribution is 2.34. The number of amides is 2. The molecule has 1 fully saturated rings. The van der Waals surface area contributed by atoms with Crippen molar-refractivity contribution in [2.75, 3.05) is 31.1 Å². The molecule has 1 atom stereocenters. The molecule has 0 bridgehead atoms. The van der Waals surface area contributed by atoms with Crippen LogP contribution in [0.3, 0.4) is 0 Å². The molecule has 0 radical (unpaired) electrons. The molecule has 1 aromatic carbocycles. The highest BCUT2D eigenvalue weighted by molar-refractivity contribution is 7.15. The van der Waals surface area contributed by atoms with E-state index in [9.17, 15) is 9.59 Å². The molecule has 1 unspecified atom stereocenters. The van der Waals surface area contributed by atoms with Crippen molar-refractivity contribution in [2.24, 2.45) is 11.8 Å². The Labute approximate surface area is 188 Å². The molecule has 6 nitrogen and oxygen atoms in total. The summed E-state index contributed by atoms with van der Waals surface area (Å²) in [6.07, 6.45) is 2.49. The fourth-order valence-electron chi connectivity index (χ4n) is 4.36. The number of thiazole rings is 1. The van der Waals surface area contributed by atoms with Crippen LogP contribution in [0.5, 0.6) is 0 Å². The lowest BCUT2D eigenvalue weighted by Gasteiger charge is -2.35. The van der Waals surface area contributed by atoms with Gasteiger partial charge in [-0.15, -0.1) is 11.3 Å². The second kappa shape index (κ2) is 9.39. The zero-order valence-corrected chi connectivity index (χ0v) is 19.5. The maximum absolute atomic E-state index is 12.8. The van der Waals surface area contributed by atoms with Gasteiger partial charge in [-0.05, 0) is 31.7 Å². The fraction of sp³-hybridized carbons (Fsp3) is 0.542. The SMILES string of the molecule is Cc1cccc(CNC(=O)C2CCc3nc(N4CCN(C(=O)C(C)C)CC4)sc3C2)c1. The Morgan fingerprint density at radius 2 is 2.00 bits per heavy atom. The van der Waals surface area contributed by atoms with Crippen LogP contribution in [0.25, 0.3) is 0 Å². The van der Waals surface area contributed by atoms with E-state index in [0.29, 0.717) is 6.54 Å². The van der Waals surface area contributed by atoms with Gasteiger partial charge in [0.15, 0.2) is 5.13 Å². The number of carbonyl (C=O) groups excluding carboxylic acids is 2.